The minimum atomic E-state index is -0.653. The summed E-state index contributed by atoms with van der Waals surface area (Å²) in [5.41, 5.74) is -0.357. The van der Waals surface area contributed by atoms with Gasteiger partial charge < -0.3 is 14.8 Å². The van der Waals surface area contributed by atoms with E-state index in [-0.39, 0.29) is 23.2 Å². The van der Waals surface area contributed by atoms with Gasteiger partial charge in [0.15, 0.2) is 5.79 Å². The van der Waals surface area contributed by atoms with E-state index in [1.54, 1.807) is 19.9 Å². The lowest BCUT2D eigenvalue weighted by atomic mass is 10.2. The number of hydrogen-bond donors (Lipinski definition) is 1. The number of hydrogen-bond acceptors (Lipinski definition) is 7. The van der Waals surface area contributed by atoms with Crippen molar-refractivity contribution in [3.05, 3.63) is 27.9 Å². The lowest BCUT2D eigenvalue weighted by molar-refractivity contribution is -0.384. The van der Waals surface area contributed by atoms with Gasteiger partial charge in [-0.1, -0.05) is 0 Å². The Kier molecular flexibility index (Phi) is 3.83. The Balaban J connectivity index is 2.11. The van der Waals surface area contributed by atoms with Crippen LogP contribution in [-0.2, 0) is 9.47 Å². The van der Waals surface area contributed by atoms with Gasteiger partial charge in [-0.05, 0) is 19.9 Å². The molecule has 1 aliphatic heterocycles. The molecule has 0 amide bonds. The van der Waals surface area contributed by atoms with Crippen LogP contribution in [0, 0.1) is 21.4 Å². The molecule has 1 aliphatic rings. The number of aromatic nitrogens is 1. The summed E-state index contributed by atoms with van der Waals surface area (Å²) < 4.78 is 11.0. The molecule has 1 saturated heterocycles. The Morgan fingerprint density at radius 2 is 2.45 bits per heavy atom. The molecule has 0 spiro atoms. The summed E-state index contributed by atoms with van der Waals surface area (Å²) in [6, 6.07) is 3.09. The summed E-state index contributed by atoms with van der Waals surface area (Å²) in [4.78, 5) is 14.3. The fourth-order valence-electron chi connectivity index (χ4n) is 1.93. The van der Waals surface area contributed by atoms with Crippen LogP contribution in [0.1, 0.15) is 19.4 Å². The first-order valence-electron chi connectivity index (χ1n) is 6.02. The van der Waals surface area contributed by atoms with Crippen LogP contribution in [0.3, 0.4) is 0 Å². The number of rotatable bonds is 4. The van der Waals surface area contributed by atoms with Gasteiger partial charge >= 0.3 is 5.69 Å². The molecule has 1 unspecified atom stereocenters. The minimum Gasteiger partial charge on any atom is -0.362 e. The Bertz CT molecular complexity index is 567. The maximum atomic E-state index is 11.0. The summed E-state index contributed by atoms with van der Waals surface area (Å²) in [6.45, 7) is 4.30. The molecule has 1 aromatic heterocycles. The number of anilines is 1. The molecule has 0 saturated carbocycles. The first-order valence-corrected chi connectivity index (χ1v) is 6.02. The molecular formula is C12H14N4O4. The van der Waals surface area contributed by atoms with Crippen molar-refractivity contribution in [2.45, 2.75) is 25.7 Å². The molecule has 1 N–H and O–H groups in total. The Hall–Kier alpha value is -2.24. The predicted molar refractivity (Wildman–Crippen MR) is 69.0 cm³/mol. The van der Waals surface area contributed by atoms with Gasteiger partial charge in [-0.25, -0.2) is 4.98 Å². The van der Waals surface area contributed by atoms with E-state index >= 15 is 0 Å². The average Bonchev–Trinajstić information content (AvgIpc) is 2.75. The quantitative estimate of drug-likeness (QED) is 0.655. The molecule has 8 heteroatoms. The van der Waals surface area contributed by atoms with Crippen LogP contribution in [0.5, 0.6) is 0 Å². The van der Waals surface area contributed by atoms with Gasteiger partial charge in [-0.3, -0.25) is 10.1 Å². The van der Waals surface area contributed by atoms with Crippen molar-refractivity contribution in [1.82, 2.24) is 4.98 Å². The molecule has 0 bridgehead atoms. The van der Waals surface area contributed by atoms with Crippen LogP contribution in [0.25, 0.3) is 0 Å². The first kappa shape index (κ1) is 14.2. The zero-order valence-electron chi connectivity index (χ0n) is 11.1. The lowest BCUT2D eigenvalue weighted by Crippen LogP contribution is -2.26. The molecule has 8 nitrogen and oxygen atoms in total. The van der Waals surface area contributed by atoms with Crippen molar-refractivity contribution in [2.24, 2.45) is 0 Å². The van der Waals surface area contributed by atoms with E-state index in [1.165, 1.54) is 12.3 Å². The third-order valence-corrected chi connectivity index (χ3v) is 2.79. The van der Waals surface area contributed by atoms with E-state index in [1.807, 2.05) is 0 Å². The SMILES string of the molecule is CC1(C)OCC(CNc2nccc(C#N)c2[N+](=O)[O-])O1. The summed E-state index contributed by atoms with van der Waals surface area (Å²) in [7, 11) is 0. The molecule has 1 fully saturated rings. The number of nitrogens with zero attached hydrogens (tertiary/aromatic N) is 3. The van der Waals surface area contributed by atoms with E-state index in [0.717, 1.165) is 0 Å². The highest BCUT2D eigenvalue weighted by molar-refractivity contribution is 5.64. The van der Waals surface area contributed by atoms with Crippen LogP contribution in [-0.4, -0.2) is 35.0 Å². The largest absolute Gasteiger partial charge is 0.362 e. The minimum absolute atomic E-state index is 0.0311. The molecule has 2 heterocycles. The van der Waals surface area contributed by atoms with Crippen LogP contribution in [0.15, 0.2) is 12.3 Å². The van der Waals surface area contributed by atoms with E-state index in [0.29, 0.717) is 13.2 Å². The molecule has 106 valence electrons. The molecule has 0 aliphatic carbocycles. The van der Waals surface area contributed by atoms with E-state index < -0.39 is 10.7 Å². The fraction of sp³-hybridized carbons (Fsp3) is 0.500. The monoisotopic (exact) mass is 278 g/mol. The van der Waals surface area contributed by atoms with Crippen LogP contribution < -0.4 is 5.32 Å². The molecule has 0 aromatic carbocycles. The molecule has 0 radical (unpaired) electrons. The summed E-state index contributed by atoms with van der Waals surface area (Å²) in [5.74, 6) is -0.595. The second kappa shape index (κ2) is 5.40. The molecule has 1 atom stereocenters. The first-order chi connectivity index (χ1) is 9.43. The van der Waals surface area contributed by atoms with E-state index in [9.17, 15) is 10.1 Å². The van der Waals surface area contributed by atoms with Crippen molar-refractivity contribution in [2.75, 3.05) is 18.5 Å². The zero-order chi connectivity index (χ0) is 14.8. The Labute approximate surface area is 115 Å². The van der Waals surface area contributed by atoms with Crippen molar-refractivity contribution in [1.29, 1.82) is 5.26 Å². The van der Waals surface area contributed by atoms with Gasteiger partial charge in [-0.15, -0.1) is 0 Å². The molecule has 2 rings (SSSR count). The second-order valence-electron chi connectivity index (χ2n) is 4.76. The third kappa shape index (κ3) is 3.01. The predicted octanol–water partition coefficient (Wildman–Crippen LogP) is 1.42. The second-order valence-corrected chi connectivity index (χ2v) is 4.76. The van der Waals surface area contributed by atoms with Gasteiger partial charge in [0.25, 0.3) is 0 Å². The number of nitro groups is 1. The fourth-order valence-corrected chi connectivity index (χ4v) is 1.93. The van der Waals surface area contributed by atoms with Crippen LogP contribution in [0.2, 0.25) is 0 Å². The van der Waals surface area contributed by atoms with Gasteiger partial charge in [0, 0.05) is 12.7 Å². The molecular weight excluding hydrogens is 264 g/mol. The van der Waals surface area contributed by atoms with Crippen LogP contribution in [0.4, 0.5) is 11.5 Å². The Morgan fingerprint density at radius 1 is 1.70 bits per heavy atom. The Morgan fingerprint density at radius 3 is 3.00 bits per heavy atom. The summed E-state index contributed by atoms with van der Waals surface area (Å²) in [6.07, 6.45) is 1.13. The van der Waals surface area contributed by atoms with Crippen LogP contribution >= 0.6 is 0 Å². The molecule has 1 aromatic rings. The topological polar surface area (TPSA) is 110 Å². The summed E-state index contributed by atoms with van der Waals surface area (Å²) in [5, 5.41) is 22.7. The van der Waals surface area contributed by atoms with Crippen molar-refractivity contribution >= 4 is 11.5 Å². The normalized spacial score (nSPS) is 20.4. The van der Waals surface area contributed by atoms with Gasteiger partial charge in [0.05, 0.1) is 11.5 Å². The van der Waals surface area contributed by atoms with Crippen molar-refractivity contribution in [3.63, 3.8) is 0 Å². The smallest absolute Gasteiger partial charge is 0.328 e. The highest BCUT2D eigenvalue weighted by Crippen LogP contribution is 2.27. The molecule has 20 heavy (non-hydrogen) atoms. The van der Waals surface area contributed by atoms with Gasteiger partial charge in [-0.2, -0.15) is 5.26 Å². The zero-order valence-corrected chi connectivity index (χ0v) is 11.1. The lowest BCUT2D eigenvalue weighted by Gasteiger charge is -2.17. The van der Waals surface area contributed by atoms with Crippen molar-refractivity contribution < 1.29 is 14.4 Å². The number of nitrogens with one attached hydrogen (secondary N) is 1. The average molecular weight is 278 g/mol. The van der Waals surface area contributed by atoms with E-state index in [4.69, 9.17) is 14.7 Å². The van der Waals surface area contributed by atoms with E-state index in [2.05, 4.69) is 10.3 Å². The maximum Gasteiger partial charge on any atom is 0.328 e. The maximum absolute atomic E-state index is 11.0. The van der Waals surface area contributed by atoms with Crippen molar-refractivity contribution in [3.8, 4) is 6.07 Å². The number of pyridine rings is 1. The third-order valence-electron chi connectivity index (χ3n) is 2.79. The van der Waals surface area contributed by atoms with Gasteiger partial charge in [0.1, 0.15) is 17.7 Å². The highest BCUT2D eigenvalue weighted by atomic mass is 16.7. The summed E-state index contributed by atoms with van der Waals surface area (Å²) >= 11 is 0. The van der Waals surface area contributed by atoms with Gasteiger partial charge in [0.2, 0.25) is 5.82 Å². The number of nitriles is 1. The standard InChI is InChI=1S/C12H14N4O4/c1-12(2)19-7-9(20-12)6-15-11-10(16(17)18)8(5-13)3-4-14-11/h3-4,9H,6-7H2,1-2H3,(H,14,15). The number of ether oxygens (including phenoxy) is 2. The highest BCUT2D eigenvalue weighted by Gasteiger charge is 2.33.